The maximum atomic E-state index is 13.0. The van der Waals surface area contributed by atoms with E-state index in [9.17, 15) is 19.6 Å². The summed E-state index contributed by atoms with van der Waals surface area (Å²) in [6.07, 6.45) is 7.98. The molecule has 2 atom stereocenters. The van der Waals surface area contributed by atoms with Crippen molar-refractivity contribution >= 4 is 5.91 Å². The molecular weight excluding hydrogens is 332 g/mol. The minimum Gasteiger partial charge on any atom is -0.338 e. The molecule has 4 rings (SSSR count). The zero-order valence-corrected chi connectivity index (χ0v) is 14.9. The largest absolute Gasteiger partial charge is 0.338 e. The van der Waals surface area contributed by atoms with Gasteiger partial charge in [-0.15, -0.1) is 0 Å². The number of hydrogen-bond acceptors (Lipinski definition) is 4. The summed E-state index contributed by atoms with van der Waals surface area (Å²) in [5.74, 6) is 0.386. The fourth-order valence-corrected chi connectivity index (χ4v) is 5.05. The van der Waals surface area contributed by atoms with Gasteiger partial charge < -0.3 is 4.90 Å². The van der Waals surface area contributed by atoms with Crippen LogP contribution in [0.4, 0.5) is 0 Å². The Balaban J connectivity index is 1.65. The van der Waals surface area contributed by atoms with E-state index in [0.29, 0.717) is 31.1 Å². The lowest BCUT2D eigenvalue weighted by Crippen LogP contribution is -2.52. The van der Waals surface area contributed by atoms with Crippen molar-refractivity contribution in [3.63, 3.8) is 0 Å². The van der Waals surface area contributed by atoms with Crippen LogP contribution < -0.4 is 11.2 Å². The number of piperidine rings is 1. The van der Waals surface area contributed by atoms with Crippen molar-refractivity contribution in [2.75, 3.05) is 6.54 Å². The molecule has 3 heterocycles. The number of amides is 1. The third-order valence-electron chi connectivity index (χ3n) is 6.30. The van der Waals surface area contributed by atoms with Gasteiger partial charge in [-0.1, -0.05) is 12.8 Å². The molecule has 0 unspecified atom stereocenters. The minimum absolute atomic E-state index is 0.0177. The molecule has 0 aromatic carbocycles. The van der Waals surface area contributed by atoms with Crippen molar-refractivity contribution in [2.45, 2.75) is 70.5 Å². The number of nitrogens with zero attached hydrogens (tertiary/aromatic N) is 4. The first-order valence-electron chi connectivity index (χ1n) is 9.68. The quantitative estimate of drug-likeness (QED) is 0.791. The van der Waals surface area contributed by atoms with Crippen molar-refractivity contribution in [1.82, 2.24) is 14.0 Å². The zero-order valence-electron chi connectivity index (χ0n) is 14.9. The van der Waals surface area contributed by atoms with E-state index in [1.807, 2.05) is 11.0 Å². The van der Waals surface area contributed by atoms with Gasteiger partial charge in [0.2, 0.25) is 5.91 Å². The highest BCUT2D eigenvalue weighted by molar-refractivity contribution is 5.76. The topological polar surface area (TPSA) is 88.1 Å². The second kappa shape index (κ2) is 6.75. The Bertz CT molecular complexity index is 890. The average molecular weight is 356 g/mol. The fourth-order valence-electron chi connectivity index (χ4n) is 5.05. The van der Waals surface area contributed by atoms with Crippen LogP contribution >= 0.6 is 0 Å². The van der Waals surface area contributed by atoms with Gasteiger partial charge in [0.05, 0.1) is 0 Å². The summed E-state index contributed by atoms with van der Waals surface area (Å²) in [5, 5.41) is 9.36. The van der Waals surface area contributed by atoms with Crippen molar-refractivity contribution in [1.29, 1.82) is 5.26 Å². The number of carbonyl (C=O) groups excluding carboxylic acids is 1. The summed E-state index contributed by atoms with van der Waals surface area (Å²) in [6.45, 7) is 0.952. The fraction of sp³-hybridized carbons (Fsp3) is 0.684. The van der Waals surface area contributed by atoms with Crippen LogP contribution in [-0.4, -0.2) is 32.5 Å². The van der Waals surface area contributed by atoms with E-state index in [1.165, 1.54) is 11.0 Å². The van der Waals surface area contributed by atoms with Crippen LogP contribution in [0.2, 0.25) is 0 Å². The Morgan fingerprint density at radius 3 is 2.65 bits per heavy atom. The molecule has 138 valence electrons. The predicted octanol–water partition coefficient (Wildman–Crippen LogP) is 1.01. The van der Waals surface area contributed by atoms with Gasteiger partial charge in [0.1, 0.15) is 18.2 Å². The Morgan fingerprint density at radius 2 is 1.85 bits per heavy atom. The van der Waals surface area contributed by atoms with E-state index in [0.717, 1.165) is 43.1 Å². The molecule has 0 N–H and O–H groups in total. The first kappa shape index (κ1) is 17.1. The molecule has 0 radical (unpaired) electrons. The van der Waals surface area contributed by atoms with Crippen LogP contribution in [0.3, 0.4) is 0 Å². The highest BCUT2D eigenvalue weighted by atomic mass is 16.2. The molecule has 7 nitrogen and oxygen atoms in total. The Morgan fingerprint density at radius 1 is 1.08 bits per heavy atom. The molecule has 1 aliphatic carbocycles. The predicted molar refractivity (Wildman–Crippen MR) is 94.7 cm³/mol. The monoisotopic (exact) mass is 356 g/mol. The van der Waals surface area contributed by atoms with Crippen LogP contribution in [0.15, 0.2) is 9.59 Å². The smallest absolute Gasteiger partial charge is 0.331 e. The molecule has 2 aliphatic heterocycles. The maximum absolute atomic E-state index is 13.0. The van der Waals surface area contributed by atoms with E-state index in [4.69, 9.17) is 0 Å². The number of aromatic nitrogens is 2. The van der Waals surface area contributed by atoms with Crippen molar-refractivity contribution < 1.29 is 4.79 Å². The molecule has 0 spiro atoms. The summed E-state index contributed by atoms with van der Waals surface area (Å²) >= 11 is 0. The van der Waals surface area contributed by atoms with Gasteiger partial charge in [0.25, 0.3) is 5.56 Å². The van der Waals surface area contributed by atoms with Crippen molar-refractivity contribution in [2.24, 2.45) is 5.92 Å². The lowest BCUT2D eigenvalue weighted by Gasteiger charge is -2.44. The summed E-state index contributed by atoms with van der Waals surface area (Å²) in [4.78, 5) is 40.2. The lowest BCUT2D eigenvalue weighted by molar-refractivity contribution is -0.138. The van der Waals surface area contributed by atoms with E-state index in [2.05, 4.69) is 0 Å². The zero-order chi connectivity index (χ0) is 18.3. The molecule has 1 amide bonds. The maximum Gasteiger partial charge on any atom is 0.331 e. The molecule has 26 heavy (non-hydrogen) atoms. The molecule has 1 saturated carbocycles. The van der Waals surface area contributed by atoms with Gasteiger partial charge in [-0.05, 0) is 44.4 Å². The molecule has 3 aliphatic rings. The number of likely N-dealkylation sites (tertiary alicyclic amines) is 1. The number of hydrogen-bond donors (Lipinski definition) is 0. The summed E-state index contributed by atoms with van der Waals surface area (Å²) in [5.41, 5.74) is -0.524. The van der Waals surface area contributed by atoms with Gasteiger partial charge in [-0.3, -0.25) is 14.2 Å². The Labute approximate surface area is 151 Å². The lowest BCUT2D eigenvalue weighted by atomic mass is 9.78. The second-order valence-corrected chi connectivity index (χ2v) is 7.70. The number of rotatable bonds is 2. The minimum atomic E-state index is -0.615. The van der Waals surface area contributed by atoms with Crippen LogP contribution in [0.25, 0.3) is 0 Å². The molecule has 0 bridgehead atoms. The summed E-state index contributed by atoms with van der Waals surface area (Å²) < 4.78 is 2.47. The molecule has 1 aromatic rings. The van der Waals surface area contributed by atoms with Gasteiger partial charge in [0.15, 0.2) is 0 Å². The number of nitriles is 1. The van der Waals surface area contributed by atoms with Gasteiger partial charge in [0, 0.05) is 24.8 Å². The molecular formula is C19H24N4O3. The van der Waals surface area contributed by atoms with E-state index < -0.39 is 11.2 Å². The van der Waals surface area contributed by atoms with Crippen LogP contribution in [0.5, 0.6) is 0 Å². The van der Waals surface area contributed by atoms with Crippen molar-refractivity contribution in [3.8, 4) is 6.07 Å². The normalized spacial score (nSPS) is 24.7. The van der Waals surface area contributed by atoms with Crippen LogP contribution in [0, 0.1) is 17.2 Å². The Kier molecular flexibility index (Phi) is 4.43. The van der Waals surface area contributed by atoms with E-state index >= 15 is 0 Å². The third kappa shape index (κ3) is 2.68. The van der Waals surface area contributed by atoms with Gasteiger partial charge in [-0.25, -0.2) is 9.36 Å². The summed E-state index contributed by atoms with van der Waals surface area (Å²) in [6, 6.07) is 2.19. The first-order chi connectivity index (χ1) is 12.6. The highest BCUT2D eigenvalue weighted by Gasteiger charge is 2.36. The average Bonchev–Trinajstić information content (AvgIpc) is 3.14. The SMILES string of the molecule is N#Cc1c2n(c(=O)n(CC(=O)N3CCC[C@@H]4CCCC[C@H]43)c1=O)CCC2. The highest BCUT2D eigenvalue weighted by Crippen LogP contribution is 2.35. The second-order valence-electron chi connectivity index (χ2n) is 7.70. The standard InChI is InChI=1S/C19H24N4O3/c20-11-14-16-8-4-10-22(16)19(26)23(18(14)25)12-17(24)21-9-3-6-13-5-1-2-7-15(13)21/h13,15H,1-10,12H2/t13-,15+/m0/s1. The molecule has 1 aromatic heterocycles. The third-order valence-corrected chi connectivity index (χ3v) is 6.30. The van der Waals surface area contributed by atoms with E-state index in [1.54, 1.807) is 0 Å². The summed E-state index contributed by atoms with van der Waals surface area (Å²) in [7, 11) is 0. The first-order valence-corrected chi connectivity index (χ1v) is 9.68. The van der Waals surface area contributed by atoms with Crippen LogP contribution in [0.1, 0.15) is 56.2 Å². The Hall–Kier alpha value is -2.36. The van der Waals surface area contributed by atoms with Crippen molar-refractivity contribution in [3.05, 3.63) is 32.1 Å². The van der Waals surface area contributed by atoms with Gasteiger partial charge in [-0.2, -0.15) is 5.26 Å². The molecule has 1 saturated heterocycles. The van der Waals surface area contributed by atoms with Crippen LogP contribution in [-0.2, 0) is 24.3 Å². The number of carbonyl (C=O) groups is 1. The molecule has 7 heteroatoms. The van der Waals surface area contributed by atoms with Gasteiger partial charge >= 0.3 is 5.69 Å². The number of fused-ring (bicyclic) bond motifs is 2. The molecule has 2 fully saturated rings. The van der Waals surface area contributed by atoms with E-state index in [-0.39, 0.29) is 24.1 Å².